The number of benzene rings is 1. The van der Waals surface area contributed by atoms with Crippen molar-refractivity contribution >= 4 is 63.6 Å². The van der Waals surface area contributed by atoms with Crippen LogP contribution in [-0.2, 0) is 14.3 Å². The highest BCUT2D eigenvalue weighted by Crippen LogP contribution is 2.40. The molecule has 1 unspecified atom stereocenters. The number of thioether (sulfide) groups is 1. The van der Waals surface area contributed by atoms with Crippen molar-refractivity contribution in [1.29, 1.82) is 0 Å². The van der Waals surface area contributed by atoms with E-state index in [1.54, 1.807) is 13.8 Å². The van der Waals surface area contributed by atoms with Crippen molar-refractivity contribution in [3.05, 3.63) is 29.1 Å². The third-order valence-corrected chi connectivity index (χ3v) is 6.63. The number of thiol groups is 1. The topological polar surface area (TPSA) is 114 Å². The van der Waals surface area contributed by atoms with E-state index >= 15 is 0 Å². The fourth-order valence-electron chi connectivity index (χ4n) is 3.03. The van der Waals surface area contributed by atoms with Gasteiger partial charge in [-0.25, -0.2) is 14.8 Å². The van der Waals surface area contributed by atoms with Gasteiger partial charge in [0.1, 0.15) is 20.7 Å². The summed E-state index contributed by atoms with van der Waals surface area (Å²) < 4.78 is 15.9. The van der Waals surface area contributed by atoms with Gasteiger partial charge < -0.3 is 19.9 Å². The average Bonchev–Trinajstić information content (AvgIpc) is 3.15. The molecule has 1 aromatic carbocycles. The predicted molar refractivity (Wildman–Crippen MR) is 135 cm³/mol. The molecule has 0 aliphatic carbocycles. The zero-order valence-corrected chi connectivity index (χ0v) is 21.0. The van der Waals surface area contributed by atoms with E-state index in [1.807, 2.05) is 30.5 Å². The van der Waals surface area contributed by atoms with Crippen molar-refractivity contribution in [2.24, 2.45) is 0 Å². The van der Waals surface area contributed by atoms with Crippen LogP contribution in [-0.4, -0.2) is 53.2 Å². The zero-order valence-electron chi connectivity index (χ0n) is 18.5. The first kappa shape index (κ1) is 25.1. The summed E-state index contributed by atoms with van der Waals surface area (Å²) in [5.41, 5.74) is 8.02. The quantitative estimate of drug-likeness (QED) is 0.178. The fraction of sp³-hybridized carbons (Fsp3) is 0.364. The van der Waals surface area contributed by atoms with Crippen LogP contribution in [0.2, 0.25) is 0 Å². The maximum atomic E-state index is 12.3. The van der Waals surface area contributed by atoms with Crippen molar-refractivity contribution in [3.8, 4) is 17.0 Å². The van der Waals surface area contributed by atoms with Gasteiger partial charge in [-0.15, -0.1) is 11.3 Å². The van der Waals surface area contributed by atoms with Crippen molar-refractivity contribution in [2.75, 3.05) is 31.8 Å². The number of anilines is 1. The molecular weight excluding hydrogens is 482 g/mol. The number of aromatic nitrogens is 2. The first-order valence-corrected chi connectivity index (χ1v) is 12.8. The molecule has 0 aliphatic heterocycles. The fourth-order valence-corrected chi connectivity index (χ4v) is 4.62. The third kappa shape index (κ3) is 5.90. The van der Waals surface area contributed by atoms with E-state index in [2.05, 4.69) is 22.6 Å². The molecule has 0 radical (unpaired) electrons. The van der Waals surface area contributed by atoms with Gasteiger partial charge >= 0.3 is 11.9 Å². The lowest BCUT2D eigenvalue weighted by Gasteiger charge is -2.12. The van der Waals surface area contributed by atoms with Gasteiger partial charge in [0.05, 0.1) is 36.6 Å². The van der Waals surface area contributed by atoms with Gasteiger partial charge in [0.2, 0.25) is 0 Å². The lowest BCUT2D eigenvalue weighted by atomic mass is 10.1. The third-order valence-electron chi connectivity index (χ3n) is 4.54. The number of esters is 2. The van der Waals surface area contributed by atoms with E-state index in [0.717, 1.165) is 5.56 Å². The summed E-state index contributed by atoms with van der Waals surface area (Å²) in [5, 5.41) is 0.620. The molecule has 0 saturated heterocycles. The van der Waals surface area contributed by atoms with Crippen LogP contribution in [0.1, 0.15) is 29.9 Å². The number of carbonyl (C=O) groups is 2. The standard InChI is InChI=1S/C22H25N3O5S3/c1-4-28-20(26)14(31)9-10-30-13-8-6-7-12(11-13)17-15-16(23)18(21(27)29-5-2)33-19(15)25-22(24-17)32-3/h6-8,11,14,31H,4-5,9-10,23H2,1-3H3. The molecule has 33 heavy (non-hydrogen) atoms. The Labute approximate surface area is 205 Å². The molecule has 11 heteroatoms. The van der Waals surface area contributed by atoms with Crippen molar-refractivity contribution in [2.45, 2.75) is 30.7 Å². The molecule has 0 aliphatic rings. The number of rotatable bonds is 10. The summed E-state index contributed by atoms with van der Waals surface area (Å²) in [6.45, 7) is 4.35. The minimum atomic E-state index is -0.550. The number of thiophene rings is 1. The number of nitrogen functional groups attached to an aromatic ring is 1. The Bertz CT molecular complexity index is 1150. The summed E-state index contributed by atoms with van der Waals surface area (Å²) in [5.74, 6) is -0.236. The first-order chi connectivity index (χ1) is 15.9. The first-order valence-electron chi connectivity index (χ1n) is 10.3. The van der Waals surface area contributed by atoms with Gasteiger partial charge in [-0.3, -0.25) is 4.79 Å². The Hall–Kier alpha value is -2.50. The molecule has 2 aromatic heterocycles. The highest BCUT2D eigenvalue weighted by Gasteiger charge is 2.23. The number of hydrogen-bond acceptors (Lipinski definition) is 11. The van der Waals surface area contributed by atoms with Gasteiger partial charge in [-0.2, -0.15) is 12.6 Å². The highest BCUT2D eigenvalue weighted by atomic mass is 32.2. The van der Waals surface area contributed by atoms with Crippen LogP contribution in [0.15, 0.2) is 29.4 Å². The molecule has 0 bridgehead atoms. The maximum absolute atomic E-state index is 12.3. The second-order valence-corrected chi connectivity index (χ2v) is 9.13. The number of nitrogens with two attached hydrogens (primary N) is 1. The van der Waals surface area contributed by atoms with Crippen LogP contribution in [0, 0.1) is 0 Å². The number of carbonyl (C=O) groups excluding carboxylic acids is 2. The molecular formula is C22H25N3O5S3. The van der Waals surface area contributed by atoms with E-state index in [9.17, 15) is 9.59 Å². The van der Waals surface area contributed by atoms with E-state index in [1.165, 1.54) is 23.1 Å². The molecule has 176 valence electrons. The molecule has 3 aromatic rings. The zero-order chi connectivity index (χ0) is 24.0. The number of hydrogen-bond donors (Lipinski definition) is 2. The SMILES string of the molecule is CCOC(=O)c1sc2nc(SC)nc(-c3cccc(OCCC(S)C(=O)OCC)c3)c2c1N. The summed E-state index contributed by atoms with van der Waals surface area (Å²) in [6.07, 6.45) is 2.28. The van der Waals surface area contributed by atoms with Gasteiger partial charge in [-0.05, 0) is 32.2 Å². The van der Waals surface area contributed by atoms with E-state index in [0.29, 0.717) is 57.0 Å². The largest absolute Gasteiger partial charge is 0.494 e. The van der Waals surface area contributed by atoms with Crippen LogP contribution in [0.4, 0.5) is 5.69 Å². The van der Waals surface area contributed by atoms with Gasteiger partial charge in [0.15, 0.2) is 5.16 Å². The van der Waals surface area contributed by atoms with Crippen molar-refractivity contribution in [1.82, 2.24) is 9.97 Å². The number of nitrogens with zero attached hydrogens (tertiary/aromatic N) is 2. The predicted octanol–water partition coefficient (Wildman–Crippen LogP) is 4.47. The van der Waals surface area contributed by atoms with Crippen molar-refractivity contribution in [3.63, 3.8) is 0 Å². The normalized spacial score (nSPS) is 11.9. The minimum Gasteiger partial charge on any atom is -0.494 e. The van der Waals surface area contributed by atoms with Crippen molar-refractivity contribution < 1.29 is 23.8 Å². The lowest BCUT2D eigenvalue weighted by molar-refractivity contribution is -0.142. The second-order valence-electron chi connectivity index (χ2n) is 6.74. The Morgan fingerprint density at radius 2 is 1.97 bits per heavy atom. The Balaban J connectivity index is 1.91. The lowest BCUT2D eigenvalue weighted by Crippen LogP contribution is -2.20. The maximum Gasteiger partial charge on any atom is 0.350 e. The Kier molecular flexibility index (Phi) is 8.81. The molecule has 0 spiro atoms. The van der Waals surface area contributed by atoms with Crippen LogP contribution in [0.3, 0.4) is 0 Å². The molecule has 8 nitrogen and oxygen atoms in total. The molecule has 0 fully saturated rings. The highest BCUT2D eigenvalue weighted by molar-refractivity contribution is 7.98. The second kappa shape index (κ2) is 11.6. The smallest absolute Gasteiger partial charge is 0.350 e. The summed E-state index contributed by atoms with van der Waals surface area (Å²) in [7, 11) is 0. The van der Waals surface area contributed by atoms with E-state index in [4.69, 9.17) is 19.9 Å². The van der Waals surface area contributed by atoms with Gasteiger partial charge in [-0.1, -0.05) is 23.9 Å². The van der Waals surface area contributed by atoms with Crippen LogP contribution >= 0.6 is 35.7 Å². The molecule has 0 saturated carbocycles. The van der Waals surface area contributed by atoms with Crippen LogP contribution < -0.4 is 10.5 Å². The molecule has 2 N–H and O–H groups in total. The Morgan fingerprint density at radius 1 is 1.21 bits per heavy atom. The van der Waals surface area contributed by atoms with Crippen LogP contribution in [0.25, 0.3) is 21.5 Å². The number of ether oxygens (including phenoxy) is 3. The van der Waals surface area contributed by atoms with Gasteiger partial charge in [0.25, 0.3) is 0 Å². The molecule has 1 atom stereocenters. The van der Waals surface area contributed by atoms with E-state index in [-0.39, 0.29) is 12.6 Å². The van der Waals surface area contributed by atoms with Gasteiger partial charge in [0, 0.05) is 12.0 Å². The molecule has 3 rings (SSSR count). The average molecular weight is 508 g/mol. The van der Waals surface area contributed by atoms with Crippen LogP contribution in [0.5, 0.6) is 5.75 Å². The monoisotopic (exact) mass is 507 g/mol. The Morgan fingerprint density at radius 3 is 2.67 bits per heavy atom. The van der Waals surface area contributed by atoms with E-state index < -0.39 is 11.2 Å². The summed E-state index contributed by atoms with van der Waals surface area (Å²) >= 11 is 6.85. The number of fused-ring (bicyclic) bond motifs is 1. The minimum absolute atomic E-state index is 0.254. The summed E-state index contributed by atoms with van der Waals surface area (Å²) in [4.78, 5) is 34.2. The summed E-state index contributed by atoms with van der Waals surface area (Å²) in [6, 6.07) is 7.39. The molecule has 2 heterocycles. The molecule has 0 amide bonds.